The Hall–Kier alpha value is -3.08. The van der Waals surface area contributed by atoms with E-state index in [9.17, 15) is 9.59 Å². The number of H-pyrrole nitrogens is 1. The number of benzene rings is 2. The molecule has 0 spiro atoms. The smallest absolute Gasteiger partial charge is 0.343 e. The third-order valence-corrected chi connectivity index (χ3v) is 4.24. The number of hydrogen-bond donors (Lipinski definition) is 1. The minimum atomic E-state index is -0.645. The Morgan fingerprint density at radius 3 is 2.62 bits per heavy atom. The van der Waals surface area contributed by atoms with Gasteiger partial charge in [-0.05, 0) is 36.6 Å². The average Bonchev–Trinajstić information content (AvgIpc) is 2.67. The van der Waals surface area contributed by atoms with E-state index in [2.05, 4.69) is 16.6 Å². The Balaban J connectivity index is 2.12. The average molecular weight is 351 g/mol. The van der Waals surface area contributed by atoms with Crippen LogP contribution in [-0.4, -0.2) is 18.1 Å². The number of aromatic amines is 1. The van der Waals surface area contributed by atoms with Crippen LogP contribution in [0.3, 0.4) is 0 Å². The first-order valence-electron chi connectivity index (χ1n) is 8.63. The van der Waals surface area contributed by atoms with Gasteiger partial charge in [0.1, 0.15) is 17.1 Å². The lowest BCUT2D eigenvalue weighted by atomic mass is 10.0. The first-order valence-corrected chi connectivity index (χ1v) is 8.63. The maximum atomic E-state index is 12.7. The van der Waals surface area contributed by atoms with Gasteiger partial charge in [-0.15, -0.1) is 0 Å². The van der Waals surface area contributed by atoms with Crippen molar-refractivity contribution in [1.29, 1.82) is 0 Å². The fourth-order valence-electron chi connectivity index (χ4n) is 2.83. The SMILES string of the molecule is CCCCc1cc2c(=O)c(C(=O)OC)c[nH]c2cc1Oc1ccccc1. The summed E-state index contributed by atoms with van der Waals surface area (Å²) in [7, 11) is 1.26. The molecule has 26 heavy (non-hydrogen) atoms. The van der Waals surface area contributed by atoms with E-state index < -0.39 is 5.97 Å². The number of ether oxygens (including phenoxy) is 2. The van der Waals surface area contributed by atoms with Gasteiger partial charge < -0.3 is 14.5 Å². The van der Waals surface area contributed by atoms with Gasteiger partial charge in [0.15, 0.2) is 0 Å². The third-order valence-electron chi connectivity index (χ3n) is 4.24. The molecular formula is C21H21NO4. The fourth-order valence-corrected chi connectivity index (χ4v) is 2.83. The fraction of sp³-hybridized carbons (Fsp3) is 0.238. The van der Waals surface area contributed by atoms with Gasteiger partial charge >= 0.3 is 5.97 Å². The molecule has 0 saturated carbocycles. The zero-order chi connectivity index (χ0) is 18.5. The normalized spacial score (nSPS) is 10.7. The summed E-state index contributed by atoms with van der Waals surface area (Å²) in [5.41, 5.74) is 1.22. The molecule has 0 aliphatic carbocycles. The molecule has 0 bridgehead atoms. The Morgan fingerprint density at radius 2 is 1.92 bits per heavy atom. The molecule has 0 aliphatic rings. The van der Waals surface area contributed by atoms with E-state index >= 15 is 0 Å². The van der Waals surface area contributed by atoms with Gasteiger partial charge in [0.25, 0.3) is 0 Å². The molecule has 0 unspecified atom stereocenters. The van der Waals surface area contributed by atoms with Crippen LogP contribution < -0.4 is 10.2 Å². The summed E-state index contributed by atoms with van der Waals surface area (Å²) < 4.78 is 10.7. The van der Waals surface area contributed by atoms with Gasteiger partial charge in [-0.3, -0.25) is 4.79 Å². The lowest BCUT2D eigenvalue weighted by Crippen LogP contribution is -2.17. The van der Waals surface area contributed by atoms with Crippen LogP contribution in [0.5, 0.6) is 11.5 Å². The predicted octanol–water partition coefficient (Wildman–Crippen LogP) is 4.45. The second-order valence-electron chi connectivity index (χ2n) is 6.05. The molecule has 0 atom stereocenters. The van der Waals surface area contributed by atoms with E-state index in [0.29, 0.717) is 16.7 Å². The van der Waals surface area contributed by atoms with Crippen LogP contribution in [-0.2, 0) is 11.2 Å². The summed E-state index contributed by atoms with van der Waals surface area (Å²) in [5.74, 6) is 0.796. The first-order chi connectivity index (χ1) is 12.6. The maximum Gasteiger partial charge on any atom is 0.343 e. The van der Waals surface area contributed by atoms with E-state index in [1.54, 1.807) is 0 Å². The number of pyridine rings is 1. The minimum Gasteiger partial charge on any atom is -0.465 e. The number of carbonyl (C=O) groups is 1. The number of para-hydroxylation sites is 1. The van der Waals surface area contributed by atoms with E-state index in [0.717, 1.165) is 30.6 Å². The summed E-state index contributed by atoms with van der Waals surface area (Å²) in [6.45, 7) is 2.11. The summed E-state index contributed by atoms with van der Waals surface area (Å²) in [4.78, 5) is 27.4. The molecule has 1 heterocycles. The molecule has 3 rings (SSSR count). The quantitative estimate of drug-likeness (QED) is 0.666. The van der Waals surface area contributed by atoms with Crippen molar-refractivity contribution in [1.82, 2.24) is 4.98 Å². The van der Waals surface area contributed by atoms with Crippen molar-refractivity contribution in [3.8, 4) is 11.5 Å². The number of unbranched alkanes of at least 4 members (excludes halogenated alkanes) is 1. The lowest BCUT2D eigenvalue weighted by Gasteiger charge is -2.13. The number of carbonyl (C=O) groups excluding carboxylic acids is 1. The van der Waals surface area contributed by atoms with Crippen molar-refractivity contribution >= 4 is 16.9 Å². The van der Waals surface area contributed by atoms with Crippen LogP contribution in [0, 0.1) is 0 Å². The van der Waals surface area contributed by atoms with Gasteiger partial charge in [0.05, 0.1) is 12.6 Å². The second kappa shape index (κ2) is 7.87. The van der Waals surface area contributed by atoms with Gasteiger partial charge in [-0.2, -0.15) is 0 Å². The first kappa shape index (κ1) is 17.7. The highest BCUT2D eigenvalue weighted by Crippen LogP contribution is 2.29. The molecule has 2 aromatic carbocycles. The molecule has 0 radical (unpaired) electrons. The zero-order valence-electron chi connectivity index (χ0n) is 14.9. The molecule has 0 saturated heterocycles. The molecule has 5 nitrogen and oxygen atoms in total. The van der Waals surface area contributed by atoms with Crippen LogP contribution in [0.15, 0.2) is 53.5 Å². The number of rotatable bonds is 6. The Labute approximate surface area is 151 Å². The number of hydrogen-bond acceptors (Lipinski definition) is 4. The minimum absolute atomic E-state index is 0.00170. The van der Waals surface area contributed by atoms with Crippen molar-refractivity contribution < 1.29 is 14.3 Å². The van der Waals surface area contributed by atoms with Crippen LogP contribution in [0.25, 0.3) is 10.9 Å². The third kappa shape index (κ3) is 3.61. The van der Waals surface area contributed by atoms with Gasteiger partial charge in [-0.1, -0.05) is 31.5 Å². The van der Waals surface area contributed by atoms with E-state index in [1.807, 2.05) is 42.5 Å². The number of esters is 1. The summed E-state index contributed by atoms with van der Waals surface area (Å²) >= 11 is 0. The molecule has 0 fully saturated rings. The van der Waals surface area contributed by atoms with Crippen molar-refractivity contribution in [2.75, 3.05) is 7.11 Å². The Bertz CT molecular complexity index is 976. The number of fused-ring (bicyclic) bond motifs is 1. The van der Waals surface area contributed by atoms with Crippen LogP contribution in [0.2, 0.25) is 0 Å². The van der Waals surface area contributed by atoms with Crippen LogP contribution in [0.1, 0.15) is 35.7 Å². The Morgan fingerprint density at radius 1 is 1.15 bits per heavy atom. The van der Waals surface area contributed by atoms with E-state index in [1.165, 1.54) is 13.3 Å². The molecule has 3 aromatic rings. The maximum absolute atomic E-state index is 12.7. The summed E-state index contributed by atoms with van der Waals surface area (Å²) in [6.07, 6.45) is 4.18. The van der Waals surface area contributed by atoms with Crippen molar-refractivity contribution in [3.63, 3.8) is 0 Å². The Kier molecular flexibility index (Phi) is 5.37. The second-order valence-corrected chi connectivity index (χ2v) is 6.05. The van der Waals surface area contributed by atoms with Gasteiger partial charge in [0, 0.05) is 17.6 Å². The van der Waals surface area contributed by atoms with E-state index in [-0.39, 0.29) is 11.0 Å². The van der Waals surface area contributed by atoms with Gasteiger partial charge in [-0.25, -0.2) is 4.79 Å². The standard InChI is InChI=1S/C21H21NO4/c1-3-4-8-14-11-16-18(22-13-17(20(16)23)21(24)25-2)12-19(14)26-15-9-6-5-7-10-15/h5-7,9-13H,3-4,8H2,1-2H3,(H,22,23). The topological polar surface area (TPSA) is 68.4 Å². The largest absolute Gasteiger partial charge is 0.465 e. The number of aromatic nitrogens is 1. The van der Waals surface area contributed by atoms with Crippen molar-refractivity contribution in [2.24, 2.45) is 0 Å². The molecule has 1 N–H and O–H groups in total. The highest BCUT2D eigenvalue weighted by atomic mass is 16.5. The molecule has 134 valence electrons. The van der Waals surface area contributed by atoms with Crippen molar-refractivity contribution in [2.45, 2.75) is 26.2 Å². The number of nitrogens with one attached hydrogen (secondary N) is 1. The number of aryl methyl sites for hydroxylation is 1. The predicted molar refractivity (Wildman–Crippen MR) is 101 cm³/mol. The molecular weight excluding hydrogens is 330 g/mol. The van der Waals surface area contributed by atoms with Crippen LogP contribution in [0.4, 0.5) is 0 Å². The highest BCUT2D eigenvalue weighted by molar-refractivity contribution is 5.94. The summed E-state index contributed by atoms with van der Waals surface area (Å²) in [5, 5.41) is 0.458. The molecule has 0 aliphatic heterocycles. The summed E-state index contributed by atoms with van der Waals surface area (Å²) in [6, 6.07) is 13.1. The van der Waals surface area contributed by atoms with Gasteiger partial charge in [0.2, 0.25) is 5.43 Å². The monoisotopic (exact) mass is 351 g/mol. The lowest BCUT2D eigenvalue weighted by molar-refractivity contribution is 0.0599. The molecule has 0 amide bonds. The zero-order valence-corrected chi connectivity index (χ0v) is 14.9. The van der Waals surface area contributed by atoms with E-state index in [4.69, 9.17) is 4.74 Å². The molecule has 1 aromatic heterocycles. The van der Waals surface area contributed by atoms with Crippen molar-refractivity contribution in [3.05, 3.63) is 70.0 Å². The number of methoxy groups -OCH3 is 1. The highest BCUT2D eigenvalue weighted by Gasteiger charge is 2.16. The van der Waals surface area contributed by atoms with Crippen LogP contribution >= 0.6 is 0 Å². The molecule has 5 heteroatoms.